The zero-order valence-corrected chi connectivity index (χ0v) is 12.4. The molecule has 0 bridgehead atoms. The molecule has 1 aromatic carbocycles. The molecule has 19 heavy (non-hydrogen) atoms. The van der Waals surface area contributed by atoms with Gasteiger partial charge >= 0.3 is 11.8 Å². The molecule has 0 atom stereocenters. The van der Waals surface area contributed by atoms with Gasteiger partial charge in [0.1, 0.15) is 0 Å². The van der Waals surface area contributed by atoms with Gasteiger partial charge in [-0.3, -0.25) is 9.59 Å². The van der Waals surface area contributed by atoms with Crippen LogP contribution in [-0.2, 0) is 9.59 Å². The van der Waals surface area contributed by atoms with Gasteiger partial charge in [0.25, 0.3) is 0 Å². The van der Waals surface area contributed by atoms with Gasteiger partial charge in [-0.1, -0.05) is 11.6 Å². The normalized spacial score (nSPS) is 11.0. The van der Waals surface area contributed by atoms with Crippen LogP contribution < -0.4 is 5.32 Å². The summed E-state index contributed by atoms with van der Waals surface area (Å²) in [7, 11) is 0. The first-order valence-corrected chi connectivity index (χ1v) is 6.52. The predicted octanol–water partition coefficient (Wildman–Crippen LogP) is 2.93. The molecule has 0 heterocycles. The third-order valence-electron chi connectivity index (χ3n) is 2.67. The van der Waals surface area contributed by atoms with Crippen molar-refractivity contribution in [3.8, 4) is 0 Å². The summed E-state index contributed by atoms with van der Waals surface area (Å²) >= 11 is 5.76. The minimum atomic E-state index is -0.640. The van der Waals surface area contributed by atoms with Crippen LogP contribution in [0.2, 0.25) is 5.02 Å². The Balaban J connectivity index is 2.77. The highest BCUT2D eigenvalue weighted by atomic mass is 35.5. The smallest absolute Gasteiger partial charge is 0.313 e. The van der Waals surface area contributed by atoms with E-state index >= 15 is 0 Å². The number of likely N-dealkylation sites (N-methyl/N-ethyl adjacent to an activating group) is 1. The Morgan fingerprint density at radius 3 is 2.16 bits per heavy atom. The molecule has 2 amide bonds. The molecular formula is C14H19ClN2O2. The van der Waals surface area contributed by atoms with Crippen LogP contribution in [0.15, 0.2) is 24.3 Å². The SMILES string of the molecule is CCN(C(=O)C(=O)Nc1ccc(Cl)cc1)C(C)(C)C. The number of nitrogens with one attached hydrogen (secondary N) is 1. The molecule has 104 valence electrons. The van der Waals surface area contributed by atoms with E-state index in [1.807, 2.05) is 27.7 Å². The monoisotopic (exact) mass is 282 g/mol. The molecule has 0 radical (unpaired) electrons. The highest BCUT2D eigenvalue weighted by Crippen LogP contribution is 2.16. The molecule has 0 aliphatic heterocycles. The van der Waals surface area contributed by atoms with E-state index < -0.39 is 11.8 Å². The van der Waals surface area contributed by atoms with Crippen LogP contribution in [0, 0.1) is 0 Å². The first-order valence-electron chi connectivity index (χ1n) is 6.14. The number of rotatable bonds is 2. The van der Waals surface area contributed by atoms with Crippen LogP contribution >= 0.6 is 11.6 Å². The van der Waals surface area contributed by atoms with E-state index in [2.05, 4.69) is 5.32 Å². The lowest BCUT2D eigenvalue weighted by atomic mass is 10.1. The molecule has 0 saturated carbocycles. The molecule has 0 fully saturated rings. The number of hydrogen-bond donors (Lipinski definition) is 1. The minimum absolute atomic E-state index is 0.386. The number of carbonyl (C=O) groups excluding carboxylic acids is 2. The van der Waals surface area contributed by atoms with E-state index in [1.165, 1.54) is 4.90 Å². The maximum Gasteiger partial charge on any atom is 0.313 e. The molecule has 1 aromatic rings. The fourth-order valence-corrected chi connectivity index (χ4v) is 1.89. The first kappa shape index (κ1) is 15.5. The number of benzene rings is 1. The van der Waals surface area contributed by atoms with Gasteiger partial charge in [0.2, 0.25) is 0 Å². The van der Waals surface area contributed by atoms with Gasteiger partial charge in [0, 0.05) is 22.8 Å². The average molecular weight is 283 g/mol. The Bertz CT molecular complexity index is 463. The van der Waals surface area contributed by atoms with Crippen LogP contribution in [0.4, 0.5) is 5.69 Å². The summed E-state index contributed by atoms with van der Waals surface area (Å²) in [6.45, 7) is 8.01. The van der Waals surface area contributed by atoms with E-state index in [-0.39, 0.29) is 5.54 Å². The standard InChI is InChI=1S/C14H19ClN2O2/c1-5-17(14(2,3)4)13(19)12(18)16-11-8-6-10(15)7-9-11/h6-9H,5H2,1-4H3,(H,16,18). The van der Waals surface area contributed by atoms with Crippen molar-refractivity contribution in [3.63, 3.8) is 0 Å². The van der Waals surface area contributed by atoms with Gasteiger partial charge in [-0.05, 0) is 52.0 Å². The molecule has 0 unspecified atom stereocenters. The number of carbonyl (C=O) groups is 2. The second-order valence-electron chi connectivity index (χ2n) is 5.18. The van der Waals surface area contributed by atoms with Crippen LogP contribution in [0.1, 0.15) is 27.7 Å². The maximum absolute atomic E-state index is 12.1. The van der Waals surface area contributed by atoms with Crippen molar-refractivity contribution in [2.24, 2.45) is 0 Å². The number of nitrogens with zero attached hydrogens (tertiary/aromatic N) is 1. The largest absolute Gasteiger partial charge is 0.330 e. The highest BCUT2D eigenvalue weighted by Gasteiger charge is 2.29. The average Bonchev–Trinajstić information content (AvgIpc) is 2.31. The molecule has 1 rings (SSSR count). The van der Waals surface area contributed by atoms with Crippen molar-refractivity contribution in [3.05, 3.63) is 29.3 Å². The van der Waals surface area contributed by atoms with Gasteiger partial charge < -0.3 is 10.2 Å². The lowest BCUT2D eigenvalue weighted by Gasteiger charge is -2.34. The van der Waals surface area contributed by atoms with Gasteiger partial charge in [-0.2, -0.15) is 0 Å². The van der Waals surface area contributed by atoms with Crippen LogP contribution in [0.5, 0.6) is 0 Å². The Morgan fingerprint density at radius 1 is 1.21 bits per heavy atom. The summed E-state index contributed by atoms with van der Waals surface area (Å²) < 4.78 is 0. The fourth-order valence-electron chi connectivity index (χ4n) is 1.76. The Morgan fingerprint density at radius 2 is 1.74 bits per heavy atom. The predicted molar refractivity (Wildman–Crippen MR) is 77.2 cm³/mol. The van der Waals surface area contributed by atoms with E-state index in [0.717, 1.165) is 0 Å². The number of halogens is 1. The first-order chi connectivity index (χ1) is 8.75. The van der Waals surface area contributed by atoms with Crippen LogP contribution in [0.25, 0.3) is 0 Å². The maximum atomic E-state index is 12.1. The Hall–Kier alpha value is -1.55. The van der Waals surface area contributed by atoms with Crippen molar-refractivity contribution >= 4 is 29.1 Å². The molecule has 0 aromatic heterocycles. The number of hydrogen-bond acceptors (Lipinski definition) is 2. The molecule has 0 aliphatic carbocycles. The van der Waals surface area contributed by atoms with E-state index in [4.69, 9.17) is 11.6 Å². The highest BCUT2D eigenvalue weighted by molar-refractivity contribution is 6.39. The lowest BCUT2D eigenvalue weighted by Crippen LogP contribution is -2.49. The molecule has 0 spiro atoms. The third kappa shape index (κ3) is 4.24. The van der Waals surface area contributed by atoms with Crippen LogP contribution in [-0.4, -0.2) is 28.8 Å². The summed E-state index contributed by atoms with van der Waals surface area (Å²) in [5.41, 5.74) is 0.163. The van der Waals surface area contributed by atoms with Crippen LogP contribution in [0.3, 0.4) is 0 Å². The van der Waals surface area contributed by atoms with Gasteiger partial charge in [-0.25, -0.2) is 0 Å². The molecule has 1 N–H and O–H groups in total. The van der Waals surface area contributed by atoms with Gasteiger partial charge in [0.05, 0.1) is 0 Å². The summed E-state index contributed by atoms with van der Waals surface area (Å²) in [5.74, 6) is -1.18. The van der Waals surface area contributed by atoms with Crippen molar-refractivity contribution < 1.29 is 9.59 Å². The quantitative estimate of drug-likeness (QED) is 0.848. The zero-order chi connectivity index (χ0) is 14.6. The molecular weight excluding hydrogens is 264 g/mol. The minimum Gasteiger partial charge on any atom is -0.330 e. The summed E-state index contributed by atoms with van der Waals surface area (Å²) in [6, 6.07) is 6.62. The lowest BCUT2D eigenvalue weighted by molar-refractivity contribution is -0.146. The second-order valence-corrected chi connectivity index (χ2v) is 5.62. The van der Waals surface area contributed by atoms with E-state index in [1.54, 1.807) is 24.3 Å². The van der Waals surface area contributed by atoms with E-state index in [0.29, 0.717) is 17.3 Å². The molecule has 0 aliphatic rings. The third-order valence-corrected chi connectivity index (χ3v) is 2.92. The second kappa shape index (κ2) is 6.06. The zero-order valence-electron chi connectivity index (χ0n) is 11.7. The summed E-state index contributed by atoms with van der Waals surface area (Å²) in [5, 5.41) is 3.14. The van der Waals surface area contributed by atoms with Gasteiger partial charge in [0.15, 0.2) is 0 Å². The number of anilines is 1. The van der Waals surface area contributed by atoms with E-state index in [9.17, 15) is 9.59 Å². The van der Waals surface area contributed by atoms with Crippen molar-refractivity contribution in [2.45, 2.75) is 33.2 Å². The molecule has 0 saturated heterocycles. The van der Waals surface area contributed by atoms with Crippen molar-refractivity contribution in [1.29, 1.82) is 0 Å². The summed E-state index contributed by atoms with van der Waals surface area (Å²) in [4.78, 5) is 25.5. The Kier molecular flexibility index (Phi) is 4.95. The fraction of sp³-hybridized carbons (Fsp3) is 0.429. The molecule has 5 heteroatoms. The van der Waals surface area contributed by atoms with Crippen molar-refractivity contribution in [1.82, 2.24) is 4.90 Å². The molecule has 4 nitrogen and oxygen atoms in total. The Labute approximate surface area is 118 Å². The number of amides is 2. The summed E-state index contributed by atoms with van der Waals surface area (Å²) in [6.07, 6.45) is 0. The van der Waals surface area contributed by atoms with Crippen molar-refractivity contribution in [2.75, 3.05) is 11.9 Å². The topological polar surface area (TPSA) is 49.4 Å². The van der Waals surface area contributed by atoms with Gasteiger partial charge in [-0.15, -0.1) is 0 Å².